The third kappa shape index (κ3) is 9.87. The van der Waals surface area contributed by atoms with Crippen molar-refractivity contribution in [2.24, 2.45) is 17.4 Å². The Kier molecular flexibility index (Phi) is 11.9. The van der Waals surface area contributed by atoms with Crippen molar-refractivity contribution in [1.82, 2.24) is 16.0 Å². The summed E-state index contributed by atoms with van der Waals surface area (Å²) in [5, 5.41) is 24.8. The van der Waals surface area contributed by atoms with Crippen molar-refractivity contribution in [2.45, 2.75) is 51.2 Å². The average molecular weight is 389 g/mol. The predicted molar refractivity (Wildman–Crippen MR) is 97.3 cm³/mol. The van der Waals surface area contributed by atoms with Gasteiger partial charge in [-0.3, -0.25) is 19.2 Å². The van der Waals surface area contributed by atoms with Crippen LogP contribution < -0.4 is 27.4 Å². The van der Waals surface area contributed by atoms with E-state index in [9.17, 15) is 24.3 Å². The minimum atomic E-state index is -1.34. The van der Waals surface area contributed by atoms with Crippen LogP contribution >= 0.6 is 0 Å². The second-order valence-electron chi connectivity index (χ2n) is 6.47. The van der Waals surface area contributed by atoms with E-state index in [4.69, 9.17) is 16.6 Å². The van der Waals surface area contributed by atoms with Gasteiger partial charge in [0, 0.05) is 0 Å². The summed E-state index contributed by atoms with van der Waals surface area (Å²) < 4.78 is 0. The first-order valence-corrected chi connectivity index (χ1v) is 8.80. The lowest BCUT2D eigenvalue weighted by Crippen LogP contribution is -2.57. The maximum absolute atomic E-state index is 12.5. The minimum absolute atomic E-state index is 0.135. The molecular weight excluding hydrogens is 358 g/mol. The topological polar surface area (TPSA) is 197 Å². The number of carboxylic acids is 1. The molecule has 27 heavy (non-hydrogen) atoms. The Labute approximate surface area is 158 Å². The van der Waals surface area contributed by atoms with Gasteiger partial charge < -0.3 is 37.6 Å². The molecule has 0 spiro atoms. The number of unbranched alkanes of at least 4 members (excludes halogenated alkanes) is 1. The van der Waals surface area contributed by atoms with E-state index in [1.807, 2.05) is 0 Å². The summed E-state index contributed by atoms with van der Waals surface area (Å²) in [5.74, 6) is -3.43. The van der Waals surface area contributed by atoms with Gasteiger partial charge in [-0.25, -0.2) is 0 Å². The first-order valence-electron chi connectivity index (χ1n) is 8.80. The van der Waals surface area contributed by atoms with Crippen molar-refractivity contribution >= 4 is 23.7 Å². The number of aliphatic hydroxyl groups excluding tert-OH is 1. The van der Waals surface area contributed by atoms with Gasteiger partial charge in [0.25, 0.3) is 0 Å². The highest BCUT2D eigenvalue weighted by Crippen LogP contribution is 2.04. The number of amides is 3. The lowest BCUT2D eigenvalue weighted by Gasteiger charge is -2.24. The average Bonchev–Trinajstić information content (AvgIpc) is 2.62. The Hall–Kier alpha value is -2.24. The highest BCUT2D eigenvalue weighted by atomic mass is 16.4. The van der Waals surface area contributed by atoms with E-state index < -0.39 is 55.0 Å². The molecular formula is C16H31N5O6. The molecule has 0 radical (unpaired) electrons. The van der Waals surface area contributed by atoms with Crippen molar-refractivity contribution in [3.05, 3.63) is 0 Å². The zero-order valence-corrected chi connectivity index (χ0v) is 15.7. The molecule has 0 heterocycles. The van der Waals surface area contributed by atoms with Gasteiger partial charge >= 0.3 is 5.97 Å². The first kappa shape index (κ1) is 24.8. The van der Waals surface area contributed by atoms with Gasteiger partial charge in [0.05, 0.1) is 12.6 Å². The molecule has 9 N–H and O–H groups in total. The zero-order chi connectivity index (χ0) is 21.0. The van der Waals surface area contributed by atoms with Crippen LogP contribution in [-0.4, -0.2) is 71.7 Å². The third-order valence-corrected chi connectivity index (χ3v) is 3.83. The number of carbonyl (C=O) groups excluding carboxylic acids is 3. The van der Waals surface area contributed by atoms with Gasteiger partial charge in [0.2, 0.25) is 17.7 Å². The van der Waals surface area contributed by atoms with Crippen molar-refractivity contribution in [1.29, 1.82) is 0 Å². The van der Waals surface area contributed by atoms with Crippen molar-refractivity contribution < 1.29 is 29.4 Å². The van der Waals surface area contributed by atoms with E-state index >= 15 is 0 Å². The van der Waals surface area contributed by atoms with Crippen LogP contribution in [0.2, 0.25) is 0 Å². The fourth-order valence-corrected chi connectivity index (χ4v) is 2.08. The van der Waals surface area contributed by atoms with E-state index in [2.05, 4.69) is 16.0 Å². The molecule has 0 aliphatic heterocycles. The van der Waals surface area contributed by atoms with Gasteiger partial charge in [-0.2, -0.15) is 0 Å². The van der Waals surface area contributed by atoms with E-state index in [0.29, 0.717) is 19.4 Å². The fourth-order valence-electron chi connectivity index (χ4n) is 2.08. The molecule has 0 aliphatic carbocycles. The van der Waals surface area contributed by atoms with Gasteiger partial charge in [0.15, 0.2) is 0 Å². The second-order valence-corrected chi connectivity index (χ2v) is 6.47. The Balaban J connectivity index is 5.00. The van der Waals surface area contributed by atoms with Crippen LogP contribution in [-0.2, 0) is 19.2 Å². The molecule has 3 unspecified atom stereocenters. The zero-order valence-electron chi connectivity index (χ0n) is 15.7. The largest absolute Gasteiger partial charge is 0.480 e. The third-order valence-electron chi connectivity index (χ3n) is 3.83. The number of nitrogens with two attached hydrogens (primary N) is 2. The van der Waals surface area contributed by atoms with Gasteiger partial charge in [-0.1, -0.05) is 13.8 Å². The summed E-state index contributed by atoms with van der Waals surface area (Å²) in [4.78, 5) is 47.0. The lowest BCUT2D eigenvalue weighted by atomic mass is 10.0. The molecule has 156 valence electrons. The van der Waals surface area contributed by atoms with Crippen LogP contribution in [0.15, 0.2) is 0 Å². The van der Waals surface area contributed by atoms with Gasteiger partial charge in [-0.15, -0.1) is 0 Å². The summed E-state index contributed by atoms with van der Waals surface area (Å²) in [6.07, 6.45) is 1.47. The van der Waals surface area contributed by atoms with Crippen LogP contribution in [0.25, 0.3) is 0 Å². The van der Waals surface area contributed by atoms with Crippen LogP contribution in [0.1, 0.15) is 33.1 Å². The second kappa shape index (κ2) is 13.0. The SMILES string of the molecule is CC(C)C(N)C(=O)NC(CCCCN)C(=O)NC(CO)C(=O)NCC(=O)O. The molecule has 0 saturated heterocycles. The molecule has 3 atom stereocenters. The summed E-state index contributed by atoms with van der Waals surface area (Å²) in [6.45, 7) is 2.58. The molecule has 0 aromatic rings. The van der Waals surface area contributed by atoms with Crippen molar-refractivity contribution in [3.63, 3.8) is 0 Å². The summed E-state index contributed by atoms with van der Waals surface area (Å²) in [6, 6.07) is -3.11. The van der Waals surface area contributed by atoms with Gasteiger partial charge in [0.1, 0.15) is 18.6 Å². The highest BCUT2D eigenvalue weighted by Gasteiger charge is 2.28. The maximum Gasteiger partial charge on any atom is 0.322 e. The van der Waals surface area contributed by atoms with Crippen LogP contribution in [0, 0.1) is 5.92 Å². The Morgan fingerprint density at radius 2 is 1.56 bits per heavy atom. The van der Waals surface area contributed by atoms with E-state index in [1.54, 1.807) is 13.8 Å². The molecule has 0 saturated carbocycles. The number of nitrogens with one attached hydrogen (secondary N) is 3. The first-order chi connectivity index (χ1) is 12.6. The molecule has 3 amide bonds. The maximum atomic E-state index is 12.5. The van der Waals surface area contributed by atoms with Crippen LogP contribution in [0.4, 0.5) is 0 Å². The summed E-state index contributed by atoms with van der Waals surface area (Å²) >= 11 is 0. The molecule has 0 aromatic carbocycles. The highest BCUT2D eigenvalue weighted by molar-refractivity contribution is 5.93. The normalized spacial score (nSPS) is 14.1. The summed E-state index contributed by atoms with van der Waals surface area (Å²) in [5.41, 5.74) is 11.2. The van der Waals surface area contributed by atoms with E-state index in [0.717, 1.165) is 0 Å². The standard InChI is InChI=1S/C16H31N5O6/c1-9(2)13(18)16(27)20-10(5-3-4-6-17)15(26)21-11(8-22)14(25)19-7-12(23)24/h9-11,13,22H,3-8,17-18H2,1-2H3,(H,19,25)(H,20,27)(H,21,26)(H,23,24). The predicted octanol–water partition coefficient (Wildman–Crippen LogP) is -2.74. The van der Waals surface area contributed by atoms with Crippen LogP contribution in [0.5, 0.6) is 0 Å². The van der Waals surface area contributed by atoms with Crippen molar-refractivity contribution in [3.8, 4) is 0 Å². The molecule has 0 fully saturated rings. The van der Waals surface area contributed by atoms with Gasteiger partial charge in [-0.05, 0) is 31.7 Å². The Morgan fingerprint density at radius 3 is 2.04 bits per heavy atom. The Morgan fingerprint density at radius 1 is 0.963 bits per heavy atom. The molecule has 0 aromatic heterocycles. The molecule has 11 heteroatoms. The van der Waals surface area contributed by atoms with Crippen molar-refractivity contribution in [2.75, 3.05) is 19.7 Å². The number of rotatable bonds is 13. The Bertz CT molecular complexity index is 514. The quantitative estimate of drug-likeness (QED) is 0.165. The monoisotopic (exact) mass is 389 g/mol. The van der Waals surface area contributed by atoms with E-state index in [-0.39, 0.29) is 12.3 Å². The van der Waals surface area contributed by atoms with Crippen LogP contribution in [0.3, 0.4) is 0 Å². The number of aliphatic hydroxyl groups is 1. The number of carbonyl (C=O) groups is 4. The molecule has 11 nitrogen and oxygen atoms in total. The number of aliphatic carboxylic acids is 1. The van der Waals surface area contributed by atoms with E-state index in [1.165, 1.54) is 0 Å². The minimum Gasteiger partial charge on any atom is -0.480 e. The lowest BCUT2D eigenvalue weighted by molar-refractivity contribution is -0.139. The molecule has 0 rings (SSSR count). The summed E-state index contributed by atoms with van der Waals surface area (Å²) in [7, 11) is 0. The molecule has 0 bridgehead atoms. The number of hydrogen-bond acceptors (Lipinski definition) is 7. The fraction of sp³-hybridized carbons (Fsp3) is 0.750. The smallest absolute Gasteiger partial charge is 0.322 e. The molecule has 0 aliphatic rings. The number of hydrogen-bond donors (Lipinski definition) is 7. The number of carboxylic acid groups (broad SMARTS) is 1.